The lowest BCUT2D eigenvalue weighted by Crippen LogP contribution is -2.38. The van der Waals surface area contributed by atoms with Gasteiger partial charge in [0, 0.05) is 17.6 Å². The highest BCUT2D eigenvalue weighted by atomic mass is 32.1. The minimum Gasteiger partial charge on any atom is -0.329 e. The predicted octanol–water partition coefficient (Wildman–Crippen LogP) is 4.84. The van der Waals surface area contributed by atoms with Crippen LogP contribution in [0, 0.1) is 19.3 Å². The lowest BCUT2D eigenvalue weighted by atomic mass is 9.96. The Labute approximate surface area is 182 Å². The minimum absolute atomic E-state index is 0.0258. The number of rotatable bonds is 7. The minimum atomic E-state index is -0.524. The molecule has 6 nitrogen and oxygen atoms in total. The SMILES string of the molecule is CCCN(CC(=O)Nc1ccccc1C)C(=O)c1sc(NC(=O)C(C)(C)C)cc1C. The number of carbonyl (C=O) groups excluding carboxylic acids is 3. The van der Waals surface area contributed by atoms with E-state index < -0.39 is 5.41 Å². The molecule has 1 aromatic carbocycles. The van der Waals surface area contributed by atoms with Crippen molar-refractivity contribution in [1.29, 1.82) is 0 Å². The van der Waals surface area contributed by atoms with Crippen LogP contribution in [0.1, 0.15) is 54.9 Å². The average molecular weight is 430 g/mol. The van der Waals surface area contributed by atoms with Crippen LogP contribution in [0.4, 0.5) is 10.7 Å². The van der Waals surface area contributed by atoms with Gasteiger partial charge in [0.05, 0.1) is 9.88 Å². The molecule has 0 spiro atoms. The number of aryl methyl sites for hydroxylation is 2. The Morgan fingerprint density at radius 2 is 1.70 bits per heavy atom. The number of nitrogens with zero attached hydrogens (tertiary/aromatic N) is 1. The van der Waals surface area contributed by atoms with Crippen molar-refractivity contribution in [3.63, 3.8) is 0 Å². The van der Waals surface area contributed by atoms with E-state index in [1.165, 1.54) is 11.3 Å². The second-order valence-electron chi connectivity index (χ2n) is 8.42. The van der Waals surface area contributed by atoms with E-state index in [1.807, 2.05) is 65.8 Å². The topological polar surface area (TPSA) is 78.5 Å². The molecule has 0 radical (unpaired) electrons. The van der Waals surface area contributed by atoms with E-state index in [9.17, 15) is 14.4 Å². The van der Waals surface area contributed by atoms with E-state index in [4.69, 9.17) is 0 Å². The Morgan fingerprint density at radius 1 is 1.03 bits per heavy atom. The molecule has 0 saturated carbocycles. The van der Waals surface area contributed by atoms with Gasteiger partial charge < -0.3 is 15.5 Å². The van der Waals surface area contributed by atoms with Gasteiger partial charge in [0.2, 0.25) is 11.8 Å². The molecule has 3 amide bonds. The third-order valence-corrected chi connectivity index (χ3v) is 5.70. The van der Waals surface area contributed by atoms with Gasteiger partial charge in [0.1, 0.15) is 6.54 Å². The fraction of sp³-hybridized carbons (Fsp3) is 0.435. The van der Waals surface area contributed by atoms with Gasteiger partial charge in [-0.3, -0.25) is 14.4 Å². The van der Waals surface area contributed by atoms with E-state index in [2.05, 4.69) is 10.6 Å². The van der Waals surface area contributed by atoms with Crippen LogP contribution in [0.25, 0.3) is 0 Å². The van der Waals surface area contributed by atoms with Crippen molar-refractivity contribution in [2.75, 3.05) is 23.7 Å². The van der Waals surface area contributed by atoms with Gasteiger partial charge in [-0.15, -0.1) is 11.3 Å². The standard InChI is InChI=1S/C23H31N3O3S/c1-7-12-26(14-18(27)24-17-11-9-8-10-15(17)2)21(28)20-16(3)13-19(30-20)25-22(29)23(4,5)6/h8-11,13H,7,12,14H2,1-6H3,(H,24,27)(H,25,29). The zero-order valence-corrected chi connectivity index (χ0v) is 19.4. The first-order chi connectivity index (χ1) is 14.0. The Morgan fingerprint density at radius 3 is 2.30 bits per heavy atom. The lowest BCUT2D eigenvalue weighted by molar-refractivity contribution is -0.123. The summed E-state index contributed by atoms with van der Waals surface area (Å²) in [4.78, 5) is 40.1. The van der Waals surface area contributed by atoms with Gasteiger partial charge in [0.15, 0.2) is 0 Å². The summed E-state index contributed by atoms with van der Waals surface area (Å²) in [6, 6.07) is 9.34. The first kappa shape index (κ1) is 23.6. The highest BCUT2D eigenvalue weighted by Gasteiger charge is 2.25. The summed E-state index contributed by atoms with van der Waals surface area (Å²) in [6.45, 7) is 11.7. The van der Waals surface area contributed by atoms with Crippen LogP contribution in [-0.2, 0) is 9.59 Å². The summed E-state index contributed by atoms with van der Waals surface area (Å²) >= 11 is 1.24. The summed E-state index contributed by atoms with van der Waals surface area (Å²) in [6.07, 6.45) is 0.738. The van der Waals surface area contributed by atoms with Crippen LogP contribution in [0.3, 0.4) is 0 Å². The molecule has 0 fully saturated rings. The van der Waals surface area contributed by atoms with Crippen molar-refractivity contribution < 1.29 is 14.4 Å². The second kappa shape index (κ2) is 9.89. The van der Waals surface area contributed by atoms with Gasteiger partial charge in [-0.05, 0) is 43.5 Å². The molecule has 0 aliphatic heterocycles. The molecule has 7 heteroatoms. The second-order valence-corrected chi connectivity index (χ2v) is 9.47. The maximum atomic E-state index is 13.2. The van der Waals surface area contributed by atoms with E-state index in [1.54, 1.807) is 11.0 Å². The maximum absolute atomic E-state index is 13.2. The molecule has 0 aliphatic rings. The number of benzene rings is 1. The monoisotopic (exact) mass is 429 g/mol. The quantitative estimate of drug-likeness (QED) is 0.661. The van der Waals surface area contributed by atoms with E-state index in [0.29, 0.717) is 16.4 Å². The molecular formula is C23H31N3O3S. The summed E-state index contributed by atoms with van der Waals surface area (Å²) in [5.74, 6) is -0.539. The fourth-order valence-electron chi connectivity index (χ4n) is 2.80. The predicted molar refractivity (Wildman–Crippen MR) is 123 cm³/mol. The maximum Gasteiger partial charge on any atom is 0.264 e. The Bertz CT molecular complexity index is 928. The molecule has 0 unspecified atom stereocenters. The molecule has 0 aliphatic carbocycles. The van der Waals surface area contributed by atoms with Crippen LogP contribution in [0.5, 0.6) is 0 Å². The largest absolute Gasteiger partial charge is 0.329 e. The molecule has 2 rings (SSSR count). The van der Waals surface area contributed by atoms with Gasteiger partial charge in [-0.25, -0.2) is 0 Å². The first-order valence-electron chi connectivity index (χ1n) is 10.1. The normalized spacial score (nSPS) is 11.1. The molecule has 0 atom stereocenters. The van der Waals surface area contributed by atoms with Gasteiger partial charge in [-0.1, -0.05) is 45.9 Å². The molecule has 2 aromatic rings. The van der Waals surface area contributed by atoms with Crippen molar-refractivity contribution in [1.82, 2.24) is 4.90 Å². The zero-order valence-electron chi connectivity index (χ0n) is 18.6. The number of hydrogen-bond acceptors (Lipinski definition) is 4. The van der Waals surface area contributed by atoms with Gasteiger partial charge in [0.25, 0.3) is 5.91 Å². The first-order valence-corrected chi connectivity index (χ1v) is 10.9. The van der Waals surface area contributed by atoms with Crippen molar-refractivity contribution in [2.24, 2.45) is 5.41 Å². The number of nitrogens with one attached hydrogen (secondary N) is 2. The van der Waals surface area contributed by atoms with Crippen LogP contribution in [0.2, 0.25) is 0 Å². The van der Waals surface area contributed by atoms with Crippen LogP contribution in [0.15, 0.2) is 30.3 Å². The van der Waals surface area contributed by atoms with E-state index in [-0.39, 0.29) is 24.3 Å². The number of carbonyl (C=O) groups is 3. The van der Waals surface area contributed by atoms with Crippen LogP contribution < -0.4 is 10.6 Å². The molecule has 2 N–H and O–H groups in total. The molecule has 1 heterocycles. The van der Waals surface area contributed by atoms with Crippen LogP contribution >= 0.6 is 11.3 Å². The fourth-order valence-corrected chi connectivity index (χ4v) is 3.83. The third-order valence-electron chi connectivity index (χ3n) is 4.56. The molecular weight excluding hydrogens is 398 g/mol. The van der Waals surface area contributed by atoms with Crippen molar-refractivity contribution in [3.8, 4) is 0 Å². The molecule has 1 aromatic heterocycles. The van der Waals surface area contributed by atoms with Gasteiger partial charge in [-0.2, -0.15) is 0 Å². The Kier molecular flexibility index (Phi) is 7.78. The number of thiophene rings is 1. The third kappa shape index (κ3) is 6.16. The lowest BCUT2D eigenvalue weighted by Gasteiger charge is -2.21. The molecule has 30 heavy (non-hydrogen) atoms. The summed E-state index contributed by atoms with van der Waals surface area (Å²) in [5.41, 5.74) is 1.97. The van der Waals surface area contributed by atoms with E-state index >= 15 is 0 Å². The zero-order chi connectivity index (χ0) is 22.5. The number of anilines is 2. The molecule has 0 saturated heterocycles. The van der Waals surface area contributed by atoms with Crippen molar-refractivity contribution in [3.05, 3.63) is 46.3 Å². The Balaban J connectivity index is 2.14. The average Bonchev–Trinajstić information content (AvgIpc) is 3.02. The smallest absolute Gasteiger partial charge is 0.264 e. The Hall–Kier alpha value is -2.67. The van der Waals surface area contributed by atoms with Crippen molar-refractivity contribution in [2.45, 2.75) is 48.0 Å². The number of hydrogen-bond donors (Lipinski definition) is 2. The summed E-state index contributed by atoms with van der Waals surface area (Å²) < 4.78 is 0. The number of para-hydroxylation sites is 1. The highest BCUT2D eigenvalue weighted by Crippen LogP contribution is 2.29. The van der Waals surface area contributed by atoms with Crippen LogP contribution in [-0.4, -0.2) is 35.7 Å². The summed E-state index contributed by atoms with van der Waals surface area (Å²) in [5, 5.41) is 6.40. The highest BCUT2D eigenvalue weighted by molar-refractivity contribution is 7.18. The molecule has 162 valence electrons. The number of amides is 3. The van der Waals surface area contributed by atoms with Gasteiger partial charge >= 0.3 is 0 Å². The van der Waals surface area contributed by atoms with E-state index in [0.717, 1.165) is 23.2 Å². The van der Waals surface area contributed by atoms with Crippen molar-refractivity contribution >= 4 is 39.7 Å². The summed E-state index contributed by atoms with van der Waals surface area (Å²) in [7, 11) is 0. The molecule has 0 bridgehead atoms.